The fourth-order valence-corrected chi connectivity index (χ4v) is 1.81. The number of carbonyl (C=O) groups is 2. The topological polar surface area (TPSA) is 43.4 Å². The monoisotopic (exact) mass is 332 g/mol. The molecule has 5 heteroatoms. The van der Waals surface area contributed by atoms with E-state index < -0.39 is 0 Å². The maximum atomic E-state index is 11.8. The zero-order chi connectivity index (χ0) is 13.5. The largest absolute Gasteiger partial charge is 0.466 e. The van der Waals surface area contributed by atoms with E-state index in [1.165, 1.54) is 0 Å². The van der Waals surface area contributed by atoms with Crippen LogP contribution in [-0.4, -0.2) is 18.4 Å². The summed E-state index contributed by atoms with van der Waals surface area (Å²) in [5, 5.41) is 0.550. The van der Waals surface area contributed by atoms with Crippen molar-refractivity contribution in [3.8, 4) is 0 Å². The van der Waals surface area contributed by atoms with Crippen LogP contribution in [0, 0.1) is 0 Å². The number of rotatable bonds is 6. The Morgan fingerprint density at radius 2 is 2.06 bits per heavy atom. The molecule has 0 aliphatic rings. The van der Waals surface area contributed by atoms with Crippen LogP contribution >= 0.6 is 27.5 Å². The van der Waals surface area contributed by atoms with Gasteiger partial charge in [-0.05, 0) is 40.5 Å². The average Bonchev–Trinajstić information content (AvgIpc) is 2.36. The molecule has 0 N–H and O–H groups in total. The van der Waals surface area contributed by atoms with Gasteiger partial charge in [0.15, 0.2) is 5.78 Å². The Bertz CT molecular complexity index is 446. The van der Waals surface area contributed by atoms with Crippen molar-refractivity contribution in [3.63, 3.8) is 0 Å². The maximum absolute atomic E-state index is 11.8. The highest BCUT2D eigenvalue weighted by Gasteiger charge is 2.11. The summed E-state index contributed by atoms with van der Waals surface area (Å²) >= 11 is 9.09. The second-order valence-corrected chi connectivity index (χ2v) is 5.03. The summed E-state index contributed by atoms with van der Waals surface area (Å²) in [6.07, 6.45) is 1.04. The van der Waals surface area contributed by atoms with Crippen LogP contribution in [0.15, 0.2) is 22.7 Å². The summed E-state index contributed by atoms with van der Waals surface area (Å²) in [5.41, 5.74) is 0.537. The maximum Gasteiger partial charge on any atom is 0.306 e. The third kappa shape index (κ3) is 4.78. The van der Waals surface area contributed by atoms with Crippen molar-refractivity contribution >= 4 is 39.3 Å². The number of ether oxygens (including phenoxy) is 1. The SMILES string of the molecule is CCCOC(=O)CCC(=O)c1ccc(Cl)c(Br)c1. The number of Topliss-reactive ketones (excluding diaryl/α,β-unsaturated/α-hetero) is 1. The number of halogens is 2. The Balaban J connectivity index is 2.50. The Labute approximate surface area is 120 Å². The van der Waals surface area contributed by atoms with E-state index in [9.17, 15) is 9.59 Å². The smallest absolute Gasteiger partial charge is 0.306 e. The van der Waals surface area contributed by atoms with E-state index in [0.29, 0.717) is 21.7 Å². The van der Waals surface area contributed by atoms with Crippen LogP contribution in [0.3, 0.4) is 0 Å². The molecule has 0 radical (unpaired) electrons. The lowest BCUT2D eigenvalue weighted by Crippen LogP contribution is -2.08. The minimum atomic E-state index is -0.335. The zero-order valence-electron chi connectivity index (χ0n) is 10.0. The van der Waals surface area contributed by atoms with Crippen LogP contribution in [0.1, 0.15) is 36.5 Å². The van der Waals surface area contributed by atoms with Crippen LogP contribution in [-0.2, 0) is 9.53 Å². The first-order valence-corrected chi connectivity index (χ1v) is 6.85. The predicted octanol–water partition coefficient (Wildman–Crippen LogP) is 4.02. The van der Waals surface area contributed by atoms with Crippen LogP contribution in [0.5, 0.6) is 0 Å². The summed E-state index contributed by atoms with van der Waals surface area (Å²) in [6, 6.07) is 4.95. The van der Waals surface area contributed by atoms with Gasteiger partial charge in [0.25, 0.3) is 0 Å². The summed E-state index contributed by atoms with van der Waals surface area (Å²) < 4.78 is 5.57. The minimum Gasteiger partial charge on any atom is -0.466 e. The van der Waals surface area contributed by atoms with Gasteiger partial charge in [0, 0.05) is 16.5 Å². The molecule has 0 atom stereocenters. The van der Waals surface area contributed by atoms with Crippen molar-refractivity contribution in [1.82, 2.24) is 0 Å². The first-order chi connectivity index (χ1) is 8.54. The summed E-state index contributed by atoms with van der Waals surface area (Å²) in [6.45, 7) is 2.32. The molecule has 18 heavy (non-hydrogen) atoms. The van der Waals surface area contributed by atoms with Gasteiger partial charge in [-0.3, -0.25) is 9.59 Å². The lowest BCUT2D eigenvalue weighted by Gasteiger charge is -2.04. The van der Waals surface area contributed by atoms with Crippen LogP contribution in [0.2, 0.25) is 5.02 Å². The van der Waals surface area contributed by atoms with E-state index in [-0.39, 0.29) is 24.6 Å². The molecule has 0 fully saturated rings. The fraction of sp³-hybridized carbons (Fsp3) is 0.385. The third-order valence-electron chi connectivity index (χ3n) is 2.26. The molecule has 0 amide bonds. The Kier molecular flexibility index (Phi) is 6.36. The zero-order valence-corrected chi connectivity index (χ0v) is 12.4. The number of benzene rings is 1. The van der Waals surface area contributed by atoms with Crippen molar-refractivity contribution in [2.45, 2.75) is 26.2 Å². The van der Waals surface area contributed by atoms with Crippen molar-refractivity contribution in [2.75, 3.05) is 6.61 Å². The number of hydrogen-bond donors (Lipinski definition) is 0. The van der Waals surface area contributed by atoms with Gasteiger partial charge < -0.3 is 4.74 Å². The molecule has 0 aromatic heterocycles. The molecule has 0 saturated carbocycles. The molecule has 0 aliphatic carbocycles. The second kappa shape index (κ2) is 7.54. The highest BCUT2D eigenvalue weighted by atomic mass is 79.9. The molecule has 1 aromatic rings. The number of esters is 1. The molecule has 1 rings (SSSR count). The Hall–Kier alpha value is -0.870. The molecular weight excluding hydrogens is 319 g/mol. The Morgan fingerprint density at radius 3 is 2.67 bits per heavy atom. The van der Waals surface area contributed by atoms with E-state index in [1.807, 2.05) is 6.92 Å². The van der Waals surface area contributed by atoms with Crippen LogP contribution in [0.25, 0.3) is 0 Å². The summed E-state index contributed by atoms with van der Waals surface area (Å²) in [4.78, 5) is 23.1. The first-order valence-electron chi connectivity index (χ1n) is 5.68. The molecule has 0 unspecified atom stereocenters. The van der Waals surface area contributed by atoms with Gasteiger partial charge in [0.05, 0.1) is 18.1 Å². The van der Waals surface area contributed by atoms with E-state index in [4.69, 9.17) is 16.3 Å². The van der Waals surface area contributed by atoms with Crippen LogP contribution in [0.4, 0.5) is 0 Å². The molecule has 0 bridgehead atoms. The van der Waals surface area contributed by atoms with Crippen molar-refractivity contribution < 1.29 is 14.3 Å². The van der Waals surface area contributed by atoms with Gasteiger partial charge in [-0.15, -0.1) is 0 Å². The fourth-order valence-electron chi connectivity index (χ4n) is 1.32. The molecule has 0 heterocycles. The number of hydrogen-bond acceptors (Lipinski definition) is 3. The highest BCUT2D eigenvalue weighted by Crippen LogP contribution is 2.23. The predicted molar refractivity (Wildman–Crippen MR) is 74.0 cm³/mol. The Morgan fingerprint density at radius 1 is 1.33 bits per heavy atom. The molecule has 1 aromatic carbocycles. The lowest BCUT2D eigenvalue weighted by molar-refractivity contribution is -0.143. The van der Waals surface area contributed by atoms with Crippen molar-refractivity contribution in [1.29, 1.82) is 0 Å². The molecular formula is C13H14BrClO3. The van der Waals surface area contributed by atoms with Gasteiger partial charge in [0.2, 0.25) is 0 Å². The van der Waals surface area contributed by atoms with Crippen molar-refractivity contribution in [2.24, 2.45) is 0 Å². The molecule has 98 valence electrons. The van der Waals surface area contributed by atoms with Crippen LogP contribution < -0.4 is 0 Å². The number of ketones is 1. The summed E-state index contributed by atoms with van der Waals surface area (Å²) in [5.74, 6) is -0.431. The quantitative estimate of drug-likeness (QED) is 0.583. The van der Waals surface area contributed by atoms with Gasteiger partial charge in [0.1, 0.15) is 0 Å². The molecule has 3 nitrogen and oxygen atoms in total. The van der Waals surface area contributed by atoms with Crippen molar-refractivity contribution in [3.05, 3.63) is 33.3 Å². The van der Waals surface area contributed by atoms with E-state index >= 15 is 0 Å². The molecule has 0 spiro atoms. The van der Waals surface area contributed by atoms with Gasteiger partial charge in [-0.25, -0.2) is 0 Å². The standard InChI is InChI=1S/C13H14BrClO3/c1-2-7-18-13(17)6-5-12(16)9-3-4-11(15)10(14)8-9/h3-4,8H,2,5-7H2,1H3. The summed E-state index contributed by atoms with van der Waals surface area (Å²) in [7, 11) is 0. The highest BCUT2D eigenvalue weighted by molar-refractivity contribution is 9.10. The third-order valence-corrected chi connectivity index (χ3v) is 3.48. The minimum absolute atomic E-state index is 0.0965. The molecule has 0 saturated heterocycles. The van der Waals surface area contributed by atoms with E-state index in [2.05, 4.69) is 15.9 Å². The molecule has 0 aliphatic heterocycles. The normalized spacial score (nSPS) is 10.2. The van der Waals surface area contributed by atoms with Gasteiger partial charge in [-0.1, -0.05) is 18.5 Å². The van der Waals surface area contributed by atoms with Gasteiger partial charge >= 0.3 is 5.97 Å². The average molecular weight is 334 g/mol. The van der Waals surface area contributed by atoms with E-state index in [0.717, 1.165) is 6.42 Å². The van der Waals surface area contributed by atoms with Gasteiger partial charge in [-0.2, -0.15) is 0 Å². The second-order valence-electron chi connectivity index (χ2n) is 3.77. The number of carbonyl (C=O) groups excluding carboxylic acids is 2. The lowest BCUT2D eigenvalue weighted by atomic mass is 10.1. The van der Waals surface area contributed by atoms with E-state index in [1.54, 1.807) is 18.2 Å². The first kappa shape index (κ1) is 15.2.